The molecule has 0 rings (SSSR count). The van der Waals surface area contributed by atoms with Crippen molar-refractivity contribution in [1.29, 1.82) is 0 Å². The van der Waals surface area contributed by atoms with Crippen molar-refractivity contribution < 1.29 is 24.5 Å². The maximum atomic E-state index is 12.5. The Bertz CT molecular complexity index is 1070. The number of ether oxygens (including phenoxy) is 1. The first kappa shape index (κ1) is 72.9. The quantitative estimate of drug-likeness (QED) is 0.0417. The molecule has 0 aliphatic carbocycles. The standard InChI is InChI=1S/C68H135NO5/c1-3-5-7-9-11-13-15-17-19-21-22-23-24-26-29-32-36-40-44-48-52-56-60-66(71)65(64-70)69-67(72)61-57-53-49-45-41-37-33-30-27-25-28-31-35-39-43-47-51-55-59-63-74-68(73)62-58-54-50-46-42-38-34-20-18-16-14-12-10-8-6-4-2/h65-66,70-71H,3-64H2,1-2H3,(H,69,72). The number of unbranched alkanes of at least 4 members (excludes halogenated alkanes) is 54. The Morgan fingerprint density at radius 2 is 0.554 bits per heavy atom. The summed E-state index contributed by atoms with van der Waals surface area (Å²) in [7, 11) is 0. The first-order chi connectivity index (χ1) is 36.5. The van der Waals surface area contributed by atoms with Crippen LogP contribution in [-0.4, -0.2) is 47.4 Å². The van der Waals surface area contributed by atoms with Crippen molar-refractivity contribution in [2.45, 2.75) is 411 Å². The predicted molar refractivity (Wildman–Crippen MR) is 324 cm³/mol. The van der Waals surface area contributed by atoms with Gasteiger partial charge in [-0.3, -0.25) is 9.59 Å². The minimum Gasteiger partial charge on any atom is -0.466 e. The Kier molecular flexibility index (Phi) is 63.4. The van der Waals surface area contributed by atoms with Gasteiger partial charge in [0.25, 0.3) is 0 Å². The normalized spacial score (nSPS) is 12.4. The van der Waals surface area contributed by atoms with Gasteiger partial charge in [-0.2, -0.15) is 0 Å². The molecule has 2 unspecified atom stereocenters. The largest absolute Gasteiger partial charge is 0.466 e. The summed E-state index contributed by atoms with van der Waals surface area (Å²) in [5.41, 5.74) is 0. The van der Waals surface area contributed by atoms with Crippen molar-refractivity contribution in [3.63, 3.8) is 0 Å². The summed E-state index contributed by atoms with van der Waals surface area (Å²) in [6.07, 6.45) is 77.0. The fourth-order valence-corrected chi connectivity index (χ4v) is 11.2. The zero-order valence-corrected chi connectivity index (χ0v) is 50.6. The van der Waals surface area contributed by atoms with E-state index in [4.69, 9.17) is 4.74 Å². The number of esters is 1. The van der Waals surface area contributed by atoms with Crippen molar-refractivity contribution in [3.05, 3.63) is 0 Å². The maximum absolute atomic E-state index is 12.5. The zero-order chi connectivity index (χ0) is 53.6. The molecular formula is C68H135NO5. The van der Waals surface area contributed by atoms with E-state index >= 15 is 0 Å². The van der Waals surface area contributed by atoms with Crippen LogP contribution in [0.3, 0.4) is 0 Å². The first-order valence-electron chi connectivity index (χ1n) is 34.3. The van der Waals surface area contributed by atoms with E-state index in [0.29, 0.717) is 25.9 Å². The van der Waals surface area contributed by atoms with Gasteiger partial charge in [0.2, 0.25) is 5.91 Å². The number of aliphatic hydroxyl groups is 2. The van der Waals surface area contributed by atoms with Crippen LogP contribution in [0, 0.1) is 0 Å². The lowest BCUT2D eigenvalue weighted by Crippen LogP contribution is -2.45. The average molecular weight is 1050 g/mol. The minimum absolute atomic E-state index is 0.0142. The smallest absolute Gasteiger partial charge is 0.305 e. The summed E-state index contributed by atoms with van der Waals surface area (Å²) in [6, 6.07) is -0.544. The highest BCUT2D eigenvalue weighted by molar-refractivity contribution is 5.76. The van der Waals surface area contributed by atoms with Gasteiger partial charge >= 0.3 is 5.97 Å². The number of carbonyl (C=O) groups excluding carboxylic acids is 2. The minimum atomic E-state index is -0.666. The van der Waals surface area contributed by atoms with Gasteiger partial charge in [-0.15, -0.1) is 0 Å². The van der Waals surface area contributed by atoms with Gasteiger partial charge in [0.15, 0.2) is 0 Å². The Morgan fingerprint density at radius 1 is 0.324 bits per heavy atom. The Morgan fingerprint density at radius 3 is 0.824 bits per heavy atom. The lowest BCUT2D eigenvalue weighted by Gasteiger charge is -2.22. The highest BCUT2D eigenvalue weighted by atomic mass is 16.5. The fourth-order valence-electron chi connectivity index (χ4n) is 11.2. The van der Waals surface area contributed by atoms with Crippen molar-refractivity contribution in [2.75, 3.05) is 13.2 Å². The van der Waals surface area contributed by atoms with Crippen molar-refractivity contribution in [3.8, 4) is 0 Å². The highest BCUT2D eigenvalue weighted by Crippen LogP contribution is 2.19. The molecule has 0 radical (unpaired) electrons. The number of rotatable bonds is 65. The Hall–Kier alpha value is -1.14. The molecule has 0 aliphatic heterocycles. The SMILES string of the molecule is CCCCCCCCCCCCCCCCCCCCCCCCC(O)C(CO)NC(=O)CCCCCCCCCCCCCCCCCCCCCOC(=O)CCCCCCCCCCCCCCCCCC. The van der Waals surface area contributed by atoms with Crippen molar-refractivity contribution in [1.82, 2.24) is 5.32 Å². The highest BCUT2D eigenvalue weighted by Gasteiger charge is 2.20. The third-order valence-electron chi connectivity index (χ3n) is 16.4. The van der Waals surface area contributed by atoms with Crippen LogP contribution in [0.25, 0.3) is 0 Å². The second kappa shape index (κ2) is 64.4. The lowest BCUT2D eigenvalue weighted by molar-refractivity contribution is -0.143. The fraction of sp³-hybridized carbons (Fsp3) is 0.971. The number of nitrogens with one attached hydrogen (secondary N) is 1. The summed E-state index contributed by atoms with van der Waals surface area (Å²) in [5.74, 6) is -0.0181. The van der Waals surface area contributed by atoms with Crippen LogP contribution < -0.4 is 5.32 Å². The second-order valence-corrected chi connectivity index (χ2v) is 23.9. The summed E-state index contributed by atoms with van der Waals surface area (Å²) in [4.78, 5) is 24.6. The molecule has 6 nitrogen and oxygen atoms in total. The Balaban J connectivity index is 3.38. The summed E-state index contributed by atoms with van der Waals surface area (Å²) < 4.78 is 5.50. The van der Waals surface area contributed by atoms with E-state index < -0.39 is 12.1 Å². The number of hydrogen-bond acceptors (Lipinski definition) is 5. The number of amides is 1. The third-order valence-corrected chi connectivity index (χ3v) is 16.4. The van der Waals surface area contributed by atoms with Crippen LogP contribution in [0.15, 0.2) is 0 Å². The molecular weight excluding hydrogens is 911 g/mol. The van der Waals surface area contributed by atoms with Crippen LogP contribution in [0.4, 0.5) is 0 Å². The van der Waals surface area contributed by atoms with E-state index in [1.807, 2.05) is 0 Å². The van der Waals surface area contributed by atoms with Gasteiger partial charge in [-0.25, -0.2) is 0 Å². The molecule has 2 atom stereocenters. The van der Waals surface area contributed by atoms with Gasteiger partial charge in [-0.05, 0) is 25.7 Å². The van der Waals surface area contributed by atoms with E-state index in [1.165, 1.54) is 327 Å². The van der Waals surface area contributed by atoms with Gasteiger partial charge in [-0.1, -0.05) is 361 Å². The van der Waals surface area contributed by atoms with E-state index in [-0.39, 0.29) is 18.5 Å². The van der Waals surface area contributed by atoms with Crippen LogP contribution >= 0.6 is 0 Å². The van der Waals surface area contributed by atoms with Crippen molar-refractivity contribution >= 4 is 11.9 Å². The molecule has 0 heterocycles. The number of aliphatic hydroxyl groups excluding tert-OH is 2. The van der Waals surface area contributed by atoms with E-state index in [9.17, 15) is 19.8 Å². The first-order valence-corrected chi connectivity index (χ1v) is 34.3. The summed E-state index contributed by atoms with van der Waals surface area (Å²) in [6.45, 7) is 5.00. The zero-order valence-electron chi connectivity index (χ0n) is 50.6. The molecule has 74 heavy (non-hydrogen) atoms. The molecule has 0 aliphatic rings. The summed E-state index contributed by atoms with van der Waals surface area (Å²) in [5, 5.41) is 23.4. The van der Waals surface area contributed by atoms with Crippen LogP contribution in [0.2, 0.25) is 0 Å². The van der Waals surface area contributed by atoms with Gasteiger partial charge in [0.1, 0.15) is 0 Å². The summed E-state index contributed by atoms with van der Waals surface area (Å²) >= 11 is 0. The van der Waals surface area contributed by atoms with Crippen LogP contribution in [0.5, 0.6) is 0 Å². The molecule has 3 N–H and O–H groups in total. The molecule has 442 valence electrons. The van der Waals surface area contributed by atoms with E-state index in [0.717, 1.165) is 38.5 Å². The lowest BCUT2D eigenvalue weighted by atomic mass is 10.0. The monoisotopic (exact) mass is 1050 g/mol. The average Bonchev–Trinajstić information content (AvgIpc) is 3.40. The maximum Gasteiger partial charge on any atom is 0.305 e. The number of carbonyl (C=O) groups is 2. The topological polar surface area (TPSA) is 95.9 Å². The molecule has 0 fully saturated rings. The molecule has 0 spiro atoms. The molecule has 0 aromatic rings. The van der Waals surface area contributed by atoms with Gasteiger partial charge in [0.05, 0.1) is 25.4 Å². The molecule has 6 heteroatoms. The predicted octanol–water partition coefficient (Wildman–Crippen LogP) is 21.8. The molecule has 0 aromatic carbocycles. The van der Waals surface area contributed by atoms with E-state index in [2.05, 4.69) is 19.2 Å². The molecule has 1 amide bonds. The molecule has 0 bridgehead atoms. The number of hydrogen-bond donors (Lipinski definition) is 3. The molecule has 0 saturated carbocycles. The van der Waals surface area contributed by atoms with Crippen LogP contribution in [0.1, 0.15) is 399 Å². The van der Waals surface area contributed by atoms with Crippen LogP contribution in [-0.2, 0) is 14.3 Å². The van der Waals surface area contributed by atoms with E-state index in [1.54, 1.807) is 0 Å². The Labute approximate surface area is 464 Å². The van der Waals surface area contributed by atoms with Gasteiger partial charge in [0, 0.05) is 12.8 Å². The third kappa shape index (κ3) is 60.1. The molecule has 0 saturated heterocycles. The molecule has 0 aromatic heterocycles. The second-order valence-electron chi connectivity index (χ2n) is 23.9. The van der Waals surface area contributed by atoms with Gasteiger partial charge < -0.3 is 20.3 Å². The van der Waals surface area contributed by atoms with Crippen molar-refractivity contribution in [2.24, 2.45) is 0 Å².